The second-order valence-corrected chi connectivity index (χ2v) is 7.52. The number of nitrogens with zero attached hydrogens (tertiary/aromatic N) is 1. The highest BCUT2D eigenvalue weighted by Gasteiger charge is 2.36. The molecule has 8 nitrogen and oxygen atoms in total. The molecule has 1 atom stereocenters. The van der Waals surface area contributed by atoms with E-state index in [9.17, 15) is 19.2 Å². The van der Waals surface area contributed by atoms with E-state index >= 15 is 0 Å². The monoisotopic (exact) mass is 474 g/mol. The van der Waals surface area contributed by atoms with Gasteiger partial charge >= 0.3 is 11.9 Å². The predicted molar refractivity (Wildman–Crippen MR) is 112 cm³/mol. The number of benzene rings is 2. The molecule has 1 saturated heterocycles. The largest absolute Gasteiger partial charge is 0.465 e. The van der Waals surface area contributed by atoms with Gasteiger partial charge in [-0.05, 0) is 48.5 Å². The maximum absolute atomic E-state index is 12.3. The van der Waals surface area contributed by atoms with Gasteiger partial charge in [-0.2, -0.15) is 0 Å². The lowest BCUT2D eigenvalue weighted by Crippen LogP contribution is -2.28. The topological polar surface area (TPSA) is 102 Å². The van der Waals surface area contributed by atoms with Crippen LogP contribution < -0.4 is 10.2 Å². The van der Waals surface area contributed by atoms with Crippen molar-refractivity contribution in [3.05, 3.63) is 58.6 Å². The Kier molecular flexibility index (Phi) is 6.83. The fraction of sp³-hybridized carbons (Fsp3) is 0.238. The zero-order valence-electron chi connectivity index (χ0n) is 16.1. The van der Waals surface area contributed by atoms with Crippen molar-refractivity contribution in [1.29, 1.82) is 0 Å². The lowest BCUT2D eigenvalue weighted by molar-refractivity contribution is -0.151. The number of nitrogens with one attached hydrogen (secondary N) is 1. The van der Waals surface area contributed by atoms with Gasteiger partial charge in [0.2, 0.25) is 5.91 Å². The summed E-state index contributed by atoms with van der Waals surface area (Å²) in [7, 11) is 1.28. The Balaban J connectivity index is 1.49. The number of halogens is 1. The Labute approximate surface area is 181 Å². The van der Waals surface area contributed by atoms with Crippen LogP contribution >= 0.6 is 15.9 Å². The molecule has 1 aliphatic rings. The van der Waals surface area contributed by atoms with Crippen LogP contribution in [0.15, 0.2) is 53.0 Å². The summed E-state index contributed by atoms with van der Waals surface area (Å²) in [5, 5.41) is 2.57. The molecule has 3 rings (SSSR count). The smallest absolute Gasteiger partial charge is 0.337 e. The maximum atomic E-state index is 12.3. The van der Waals surface area contributed by atoms with Crippen LogP contribution in [0.3, 0.4) is 0 Å². The fourth-order valence-corrected chi connectivity index (χ4v) is 3.26. The minimum absolute atomic E-state index is 0.0332. The summed E-state index contributed by atoms with van der Waals surface area (Å²) < 4.78 is 10.6. The molecule has 1 aliphatic heterocycles. The Hall–Kier alpha value is -3.20. The number of hydrogen-bond donors (Lipinski definition) is 1. The van der Waals surface area contributed by atoms with Gasteiger partial charge in [-0.1, -0.05) is 15.9 Å². The van der Waals surface area contributed by atoms with Crippen LogP contribution in [0.25, 0.3) is 0 Å². The minimum atomic E-state index is -0.631. The third kappa shape index (κ3) is 5.24. The van der Waals surface area contributed by atoms with E-state index in [-0.39, 0.29) is 18.9 Å². The SMILES string of the molecule is COC(=O)c1ccc(NC(=O)COC(=O)[C@@H]2CC(=O)N(c3ccc(Br)cc3)C2)cc1. The second kappa shape index (κ2) is 9.53. The van der Waals surface area contributed by atoms with Crippen molar-refractivity contribution in [2.24, 2.45) is 5.92 Å². The molecule has 0 bridgehead atoms. The number of hydrogen-bond acceptors (Lipinski definition) is 6. The van der Waals surface area contributed by atoms with Crippen molar-refractivity contribution >= 4 is 51.1 Å². The molecule has 9 heteroatoms. The summed E-state index contributed by atoms with van der Waals surface area (Å²) in [5.41, 5.74) is 1.50. The van der Waals surface area contributed by atoms with E-state index in [0.717, 1.165) is 4.47 Å². The molecule has 1 N–H and O–H groups in total. The summed E-state index contributed by atoms with van der Waals surface area (Å²) in [5.74, 6) is -2.41. The van der Waals surface area contributed by atoms with Gasteiger partial charge in [0.15, 0.2) is 6.61 Å². The molecule has 1 heterocycles. The van der Waals surface area contributed by atoms with Crippen molar-refractivity contribution in [1.82, 2.24) is 0 Å². The molecule has 0 radical (unpaired) electrons. The number of amides is 2. The molecule has 2 aromatic carbocycles. The Morgan fingerprint density at radius 2 is 1.77 bits per heavy atom. The number of ether oxygens (including phenoxy) is 2. The number of carbonyl (C=O) groups is 4. The molecule has 0 saturated carbocycles. The summed E-state index contributed by atoms with van der Waals surface area (Å²) in [6, 6.07) is 13.3. The van der Waals surface area contributed by atoms with E-state index in [1.807, 2.05) is 12.1 Å². The van der Waals surface area contributed by atoms with Crippen molar-refractivity contribution in [3.63, 3.8) is 0 Å². The first-order valence-electron chi connectivity index (χ1n) is 9.08. The maximum Gasteiger partial charge on any atom is 0.337 e. The van der Waals surface area contributed by atoms with Crippen molar-refractivity contribution < 1.29 is 28.7 Å². The number of esters is 2. The first kappa shape index (κ1) is 21.5. The van der Waals surface area contributed by atoms with E-state index in [1.165, 1.54) is 36.3 Å². The van der Waals surface area contributed by atoms with Crippen LogP contribution in [0.2, 0.25) is 0 Å². The summed E-state index contributed by atoms with van der Waals surface area (Å²) in [6.07, 6.45) is 0.0332. The van der Waals surface area contributed by atoms with Gasteiger partial charge < -0.3 is 19.7 Å². The average Bonchev–Trinajstić information content (AvgIpc) is 3.14. The minimum Gasteiger partial charge on any atom is -0.465 e. The van der Waals surface area contributed by atoms with Gasteiger partial charge in [0, 0.05) is 28.8 Å². The Morgan fingerprint density at radius 3 is 2.40 bits per heavy atom. The summed E-state index contributed by atoms with van der Waals surface area (Å²) in [6.45, 7) is -0.267. The van der Waals surface area contributed by atoms with Gasteiger partial charge in [0.1, 0.15) is 0 Å². The molecule has 30 heavy (non-hydrogen) atoms. The van der Waals surface area contributed by atoms with E-state index in [1.54, 1.807) is 12.1 Å². The van der Waals surface area contributed by atoms with Gasteiger partial charge in [0.05, 0.1) is 18.6 Å². The van der Waals surface area contributed by atoms with E-state index < -0.39 is 30.4 Å². The molecular weight excluding hydrogens is 456 g/mol. The van der Waals surface area contributed by atoms with E-state index in [2.05, 4.69) is 26.0 Å². The first-order chi connectivity index (χ1) is 14.4. The van der Waals surface area contributed by atoms with E-state index in [4.69, 9.17) is 4.74 Å². The van der Waals surface area contributed by atoms with Gasteiger partial charge in [-0.3, -0.25) is 14.4 Å². The van der Waals surface area contributed by atoms with Gasteiger partial charge in [0.25, 0.3) is 5.91 Å². The van der Waals surface area contributed by atoms with Crippen molar-refractivity contribution in [2.45, 2.75) is 6.42 Å². The van der Waals surface area contributed by atoms with Crippen molar-refractivity contribution in [3.8, 4) is 0 Å². The highest BCUT2D eigenvalue weighted by Crippen LogP contribution is 2.27. The zero-order chi connectivity index (χ0) is 21.7. The number of carbonyl (C=O) groups excluding carboxylic acids is 4. The molecule has 1 fully saturated rings. The third-order valence-corrected chi connectivity index (χ3v) is 5.06. The number of rotatable bonds is 6. The number of methoxy groups -OCH3 is 1. The molecular formula is C21H19BrN2O6. The second-order valence-electron chi connectivity index (χ2n) is 6.61. The highest BCUT2D eigenvalue weighted by molar-refractivity contribution is 9.10. The molecule has 0 spiro atoms. The molecule has 0 aliphatic carbocycles. The van der Waals surface area contributed by atoms with Crippen LogP contribution in [0.1, 0.15) is 16.8 Å². The number of anilines is 2. The van der Waals surface area contributed by atoms with Crippen LogP contribution in [0, 0.1) is 5.92 Å². The van der Waals surface area contributed by atoms with E-state index in [0.29, 0.717) is 16.9 Å². The molecule has 0 aromatic heterocycles. The highest BCUT2D eigenvalue weighted by atomic mass is 79.9. The Bertz CT molecular complexity index is 958. The lowest BCUT2D eigenvalue weighted by atomic mass is 10.1. The standard InChI is InChI=1S/C21H19BrN2O6/c1-29-20(27)13-2-6-16(7-3-13)23-18(25)12-30-21(28)14-10-19(26)24(11-14)17-8-4-15(22)5-9-17/h2-9,14H,10-12H2,1H3,(H,23,25)/t14-/m1/s1. The van der Waals surface area contributed by atoms with Crippen LogP contribution in [-0.4, -0.2) is 44.0 Å². The van der Waals surface area contributed by atoms with Crippen LogP contribution in [-0.2, 0) is 23.9 Å². The van der Waals surface area contributed by atoms with Crippen LogP contribution in [0.4, 0.5) is 11.4 Å². The first-order valence-corrected chi connectivity index (χ1v) is 9.87. The molecule has 0 unspecified atom stereocenters. The van der Waals surface area contributed by atoms with Crippen molar-refractivity contribution in [2.75, 3.05) is 30.5 Å². The lowest BCUT2D eigenvalue weighted by Gasteiger charge is -2.16. The predicted octanol–water partition coefficient (Wildman–Crippen LogP) is 2.77. The summed E-state index contributed by atoms with van der Waals surface area (Å²) in [4.78, 5) is 49.5. The average molecular weight is 475 g/mol. The normalized spacial score (nSPS) is 15.6. The third-order valence-electron chi connectivity index (χ3n) is 4.53. The summed E-state index contributed by atoms with van der Waals surface area (Å²) >= 11 is 3.34. The molecule has 156 valence electrons. The van der Waals surface area contributed by atoms with Crippen LogP contribution in [0.5, 0.6) is 0 Å². The Morgan fingerprint density at radius 1 is 1.10 bits per heavy atom. The van der Waals surface area contributed by atoms with Gasteiger partial charge in [-0.25, -0.2) is 4.79 Å². The zero-order valence-corrected chi connectivity index (χ0v) is 17.7. The molecule has 2 amide bonds. The molecule has 2 aromatic rings. The quantitative estimate of drug-likeness (QED) is 0.645. The fourth-order valence-electron chi connectivity index (χ4n) is 3.00. The van der Waals surface area contributed by atoms with Gasteiger partial charge in [-0.15, -0.1) is 0 Å².